The van der Waals surface area contributed by atoms with E-state index < -0.39 is 5.97 Å². The van der Waals surface area contributed by atoms with E-state index in [4.69, 9.17) is 4.74 Å². The quantitative estimate of drug-likeness (QED) is 0.229. The second-order valence-corrected chi connectivity index (χ2v) is 7.48. The molecule has 0 amide bonds. The molecule has 0 saturated heterocycles. The number of para-hydroxylation sites is 1. The lowest BCUT2D eigenvalue weighted by Crippen LogP contribution is -2.08. The third-order valence-corrected chi connectivity index (χ3v) is 5.08. The van der Waals surface area contributed by atoms with Crippen LogP contribution in [0, 0.1) is 0 Å². The van der Waals surface area contributed by atoms with Gasteiger partial charge in [-0.25, -0.2) is 4.79 Å². The number of aryl methyl sites for hydroxylation is 1. The fraction of sp³-hybridized carbons (Fsp3) is 0.480. The minimum Gasteiger partial charge on any atom is -0.507 e. The SMILES string of the molecule is CCCCCCCCCCCCc1ccc(OC(=O)c2ccccc2O)cc1. The Bertz CT molecular complexity index is 691. The highest BCUT2D eigenvalue weighted by atomic mass is 16.5. The van der Waals surface area contributed by atoms with Gasteiger partial charge >= 0.3 is 5.97 Å². The Morgan fingerprint density at radius 3 is 1.96 bits per heavy atom. The van der Waals surface area contributed by atoms with Crippen molar-refractivity contribution in [3.05, 3.63) is 59.7 Å². The Hall–Kier alpha value is -2.29. The summed E-state index contributed by atoms with van der Waals surface area (Å²) in [7, 11) is 0. The van der Waals surface area contributed by atoms with Crippen molar-refractivity contribution in [2.45, 2.75) is 77.6 Å². The third-order valence-electron chi connectivity index (χ3n) is 5.08. The number of rotatable bonds is 13. The molecule has 0 bridgehead atoms. The topological polar surface area (TPSA) is 46.5 Å². The van der Waals surface area contributed by atoms with Gasteiger partial charge in [0.05, 0.1) is 0 Å². The molecule has 0 fully saturated rings. The third kappa shape index (κ3) is 8.16. The van der Waals surface area contributed by atoms with E-state index in [0.29, 0.717) is 5.75 Å². The Labute approximate surface area is 169 Å². The molecule has 0 spiro atoms. The van der Waals surface area contributed by atoms with E-state index >= 15 is 0 Å². The lowest BCUT2D eigenvalue weighted by atomic mass is 10.0. The Balaban J connectivity index is 1.61. The summed E-state index contributed by atoms with van der Waals surface area (Å²) in [6, 6.07) is 14.1. The molecule has 0 atom stereocenters. The molecular weight excluding hydrogens is 348 g/mol. The highest BCUT2D eigenvalue weighted by Crippen LogP contribution is 2.20. The number of phenolic OH excluding ortho intramolecular Hbond substituents is 1. The van der Waals surface area contributed by atoms with Crippen LogP contribution in [0.2, 0.25) is 0 Å². The summed E-state index contributed by atoms with van der Waals surface area (Å²) in [4.78, 5) is 12.1. The summed E-state index contributed by atoms with van der Waals surface area (Å²) in [5.41, 5.74) is 1.44. The van der Waals surface area contributed by atoms with Crippen molar-refractivity contribution in [2.24, 2.45) is 0 Å². The van der Waals surface area contributed by atoms with Crippen molar-refractivity contribution >= 4 is 5.97 Å². The smallest absolute Gasteiger partial charge is 0.347 e. The van der Waals surface area contributed by atoms with E-state index in [1.165, 1.54) is 75.8 Å². The molecule has 2 aromatic carbocycles. The van der Waals surface area contributed by atoms with Gasteiger partial charge in [0.2, 0.25) is 0 Å². The first-order chi connectivity index (χ1) is 13.7. The standard InChI is InChI=1S/C25H34O3/c1-2-3-4-5-6-7-8-9-10-11-14-21-17-19-22(20-18-21)28-25(27)23-15-12-13-16-24(23)26/h12-13,15-20,26H,2-11,14H2,1H3. The number of phenols is 1. The van der Waals surface area contributed by atoms with Gasteiger partial charge < -0.3 is 9.84 Å². The highest BCUT2D eigenvalue weighted by Gasteiger charge is 2.12. The van der Waals surface area contributed by atoms with Gasteiger partial charge in [-0.2, -0.15) is 0 Å². The predicted octanol–water partition coefficient (Wildman–Crippen LogP) is 7.07. The van der Waals surface area contributed by atoms with Crippen LogP contribution in [0.25, 0.3) is 0 Å². The number of esters is 1. The zero-order valence-corrected chi connectivity index (χ0v) is 17.2. The van der Waals surface area contributed by atoms with Crippen LogP contribution in [-0.4, -0.2) is 11.1 Å². The second kappa shape index (κ2) is 13.0. The van der Waals surface area contributed by atoms with Gasteiger partial charge in [-0.3, -0.25) is 0 Å². The fourth-order valence-corrected chi connectivity index (χ4v) is 3.35. The summed E-state index contributed by atoms with van der Waals surface area (Å²) >= 11 is 0. The zero-order chi connectivity index (χ0) is 20.0. The predicted molar refractivity (Wildman–Crippen MR) is 115 cm³/mol. The van der Waals surface area contributed by atoms with Gasteiger partial charge in [-0.05, 0) is 42.7 Å². The van der Waals surface area contributed by atoms with Crippen LogP contribution < -0.4 is 4.74 Å². The molecule has 0 aliphatic carbocycles. The van der Waals surface area contributed by atoms with Gasteiger partial charge in [0.1, 0.15) is 17.1 Å². The van der Waals surface area contributed by atoms with Crippen molar-refractivity contribution in [1.82, 2.24) is 0 Å². The van der Waals surface area contributed by atoms with Crippen LogP contribution in [0.5, 0.6) is 11.5 Å². The molecule has 28 heavy (non-hydrogen) atoms. The molecule has 0 unspecified atom stereocenters. The minimum absolute atomic E-state index is 0.0647. The van der Waals surface area contributed by atoms with Crippen LogP contribution in [0.3, 0.4) is 0 Å². The number of unbranched alkanes of at least 4 members (excludes halogenated alkanes) is 9. The fourth-order valence-electron chi connectivity index (χ4n) is 3.35. The molecule has 0 saturated carbocycles. The first-order valence-corrected chi connectivity index (χ1v) is 10.8. The van der Waals surface area contributed by atoms with E-state index in [2.05, 4.69) is 6.92 Å². The minimum atomic E-state index is -0.541. The summed E-state index contributed by atoms with van der Waals surface area (Å²) in [6.45, 7) is 2.26. The second-order valence-electron chi connectivity index (χ2n) is 7.48. The molecule has 0 aromatic heterocycles. The molecule has 2 aromatic rings. The van der Waals surface area contributed by atoms with Gasteiger partial charge in [0.25, 0.3) is 0 Å². The molecule has 3 nitrogen and oxygen atoms in total. The first kappa shape index (κ1) is 22.0. The van der Waals surface area contributed by atoms with E-state index in [0.717, 1.165) is 6.42 Å². The number of carbonyl (C=O) groups is 1. The number of hydrogen-bond acceptors (Lipinski definition) is 3. The van der Waals surface area contributed by atoms with Gasteiger partial charge in [-0.15, -0.1) is 0 Å². The van der Waals surface area contributed by atoms with Crippen molar-refractivity contribution in [3.8, 4) is 11.5 Å². The van der Waals surface area contributed by atoms with Crippen LogP contribution in [0.1, 0.15) is 87.1 Å². The molecule has 3 heteroatoms. The van der Waals surface area contributed by atoms with Crippen molar-refractivity contribution in [1.29, 1.82) is 0 Å². The lowest BCUT2D eigenvalue weighted by molar-refractivity contribution is 0.0731. The summed E-state index contributed by atoms with van der Waals surface area (Å²) in [6.07, 6.45) is 14.5. The van der Waals surface area contributed by atoms with Gasteiger partial charge in [0.15, 0.2) is 0 Å². The first-order valence-electron chi connectivity index (χ1n) is 10.8. The van der Waals surface area contributed by atoms with Crippen LogP contribution in [-0.2, 0) is 6.42 Å². The average Bonchev–Trinajstić information content (AvgIpc) is 2.71. The summed E-state index contributed by atoms with van der Waals surface area (Å²) in [5.74, 6) is -0.106. The zero-order valence-electron chi connectivity index (χ0n) is 17.2. The molecule has 2 rings (SSSR count). The van der Waals surface area contributed by atoms with E-state index in [-0.39, 0.29) is 11.3 Å². The molecule has 0 radical (unpaired) electrons. The van der Waals surface area contributed by atoms with E-state index in [9.17, 15) is 9.90 Å². The maximum atomic E-state index is 12.1. The van der Waals surface area contributed by atoms with Crippen molar-refractivity contribution < 1.29 is 14.6 Å². The lowest BCUT2D eigenvalue weighted by Gasteiger charge is -2.07. The molecule has 152 valence electrons. The normalized spacial score (nSPS) is 10.8. The number of carbonyl (C=O) groups excluding carboxylic acids is 1. The van der Waals surface area contributed by atoms with E-state index in [1.54, 1.807) is 18.2 Å². The van der Waals surface area contributed by atoms with Gasteiger partial charge in [-0.1, -0.05) is 89.0 Å². The van der Waals surface area contributed by atoms with Crippen LogP contribution >= 0.6 is 0 Å². The van der Waals surface area contributed by atoms with Crippen molar-refractivity contribution in [2.75, 3.05) is 0 Å². The Kier molecular flexibility index (Phi) is 10.2. The number of benzene rings is 2. The average molecular weight is 383 g/mol. The van der Waals surface area contributed by atoms with Crippen LogP contribution in [0.15, 0.2) is 48.5 Å². The highest BCUT2D eigenvalue weighted by molar-refractivity contribution is 5.93. The molecule has 1 N–H and O–H groups in total. The number of hydrogen-bond donors (Lipinski definition) is 1. The van der Waals surface area contributed by atoms with Crippen LogP contribution in [0.4, 0.5) is 0 Å². The maximum Gasteiger partial charge on any atom is 0.347 e. The monoisotopic (exact) mass is 382 g/mol. The van der Waals surface area contributed by atoms with E-state index in [1.807, 2.05) is 24.3 Å². The van der Waals surface area contributed by atoms with Crippen molar-refractivity contribution in [3.63, 3.8) is 0 Å². The summed E-state index contributed by atoms with van der Waals surface area (Å²) in [5, 5.41) is 9.73. The van der Waals surface area contributed by atoms with Gasteiger partial charge in [0, 0.05) is 0 Å². The maximum absolute atomic E-state index is 12.1. The molecule has 0 aliphatic heterocycles. The number of ether oxygens (including phenoxy) is 1. The molecular formula is C25H34O3. The summed E-state index contributed by atoms with van der Waals surface area (Å²) < 4.78 is 5.34. The molecule has 0 aliphatic rings. The Morgan fingerprint density at radius 1 is 0.786 bits per heavy atom. The number of aromatic hydroxyl groups is 1. The largest absolute Gasteiger partial charge is 0.507 e. The Morgan fingerprint density at radius 2 is 1.36 bits per heavy atom. The molecule has 0 heterocycles.